The molecule has 1 amide bonds. The number of hydrogen-bond donors (Lipinski definition) is 1. The van der Waals surface area contributed by atoms with E-state index in [1.807, 2.05) is 59.6 Å². The van der Waals surface area contributed by atoms with Crippen molar-refractivity contribution in [1.29, 1.82) is 0 Å². The van der Waals surface area contributed by atoms with Gasteiger partial charge in [-0.1, -0.05) is 54.6 Å². The van der Waals surface area contributed by atoms with E-state index in [1.54, 1.807) is 0 Å². The Balaban J connectivity index is 1.48. The Bertz CT molecular complexity index is 736. The van der Waals surface area contributed by atoms with E-state index in [0.717, 1.165) is 37.3 Å². The van der Waals surface area contributed by atoms with Crippen LogP contribution in [0.4, 0.5) is 0 Å². The number of nitrogens with zero attached hydrogens (tertiary/aromatic N) is 2. The number of rotatable bonds is 6. The highest BCUT2D eigenvalue weighted by atomic mass is 16.2. The second-order valence-electron chi connectivity index (χ2n) is 6.69. The number of hydrogen-bond acceptors (Lipinski definition) is 4. The summed E-state index contributed by atoms with van der Waals surface area (Å²) in [6.45, 7) is 3.51. The normalized spacial score (nSPS) is 15.6. The molecule has 0 bridgehead atoms. The zero-order valence-corrected chi connectivity index (χ0v) is 15.1. The Hall–Kier alpha value is -2.50. The molecule has 0 aromatic heterocycles. The number of benzene rings is 2. The highest BCUT2D eigenvalue weighted by molar-refractivity contribution is 5.98. The van der Waals surface area contributed by atoms with Crippen molar-refractivity contribution >= 4 is 11.7 Å². The largest absolute Gasteiger partial charge is 0.304 e. The number of Topliss-reactive ketones (excluding diaryl/α,β-unsaturated/α-hetero) is 1. The highest BCUT2D eigenvalue weighted by Gasteiger charge is 2.16. The van der Waals surface area contributed by atoms with E-state index in [4.69, 9.17) is 0 Å². The molecule has 136 valence electrons. The van der Waals surface area contributed by atoms with Crippen molar-refractivity contribution in [1.82, 2.24) is 15.3 Å². The van der Waals surface area contributed by atoms with Gasteiger partial charge < -0.3 is 4.90 Å². The van der Waals surface area contributed by atoms with E-state index in [1.165, 1.54) is 0 Å². The van der Waals surface area contributed by atoms with Crippen molar-refractivity contribution in [2.45, 2.75) is 12.8 Å². The molecular formula is C21H25N3O2. The van der Waals surface area contributed by atoms with Crippen LogP contribution in [0, 0.1) is 0 Å². The van der Waals surface area contributed by atoms with Crippen LogP contribution in [0.2, 0.25) is 0 Å². The smallest absolute Gasteiger partial charge is 0.234 e. The van der Waals surface area contributed by atoms with Crippen LogP contribution in [0.15, 0.2) is 54.6 Å². The average Bonchev–Trinajstić information content (AvgIpc) is 2.69. The molecule has 0 radical (unpaired) electrons. The summed E-state index contributed by atoms with van der Waals surface area (Å²) < 4.78 is 0. The first-order valence-electron chi connectivity index (χ1n) is 9.03. The number of likely N-dealkylation sites (N-methyl/N-ethyl adjacent to an activating group) is 1. The molecule has 2 aromatic carbocycles. The second kappa shape index (κ2) is 8.74. The molecule has 1 saturated heterocycles. The average molecular weight is 351 g/mol. The lowest BCUT2D eigenvalue weighted by atomic mass is 10.0. The maximum Gasteiger partial charge on any atom is 0.234 e. The maximum absolute atomic E-state index is 12.3. The molecule has 5 heteroatoms. The molecule has 1 aliphatic heterocycles. The van der Waals surface area contributed by atoms with E-state index in [2.05, 4.69) is 17.4 Å². The predicted octanol–water partition coefficient (Wildman–Crippen LogP) is 2.60. The van der Waals surface area contributed by atoms with Gasteiger partial charge in [-0.25, -0.2) is 5.01 Å². The third-order valence-corrected chi connectivity index (χ3v) is 4.68. The van der Waals surface area contributed by atoms with Gasteiger partial charge in [0.1, 0.15) is 0 Å². The zero-order valence-electron chi connectivity index (χ0n) is 15.1. The standard InChI is InChI=1S/C21H25N3O2/c1-23-13-15-24(16-14-23)22-21(26)12-11-20(25)19-9-7-18(8-10-19)17-5-3-2-4-6-17/h2-10H,11-16H2,1H3,(H,22,26). The van der Waals surface area contributed by atoms with E-state index < -0.39 is 0 Å². The Labute approximate surface area is 154 Å². The van der Waals surface area contributed by atoms with Crippen LogP contribution in [0.3, 0.4) is 0 Å². The van der Waals surface area contributed by atoms with Crippen LogP contribution in [-0.2, 0) is 4.79 Å². The molecule has 1 heterocycles. The van der Waals surface area contributed by atoms with E-state index >= 15 is 0 Å². The first-order chi connectivity index (χ1) is 12.6. The molecule has 1 N–H and O–H groups in total. The van der Waals surface area contributed by atoms with Crippen LogP contribution >= 0.6 is 0 Å². The Kier molecular flexibility index (Phi) is 6.15. The van der Waals surface area contributed by atoms with Gasteiger partial charge in [0.25, 0.3) is 0 Å². The summed E-state index contributed by atoms with van der Waals surface area (Å²) in [7, 11) is 2.07. The lowest BCUT2D eigenvalue weighted by Gasteiger charge is -2.32. The number of carbonyl (C=O) groups excluding carboxylic acids is 2. The fourth-order valence-corrected chi connectivity index (χ4v) is 3.00. The van der Waals surface area contributed by atoms with E-state index in [0.29, 0.717) is 5.56 Å². The summed E-state index contributed by atoms with van der Waals surface area (Å²) in [4.78, 5) is 26.6. The van der Waals surface area contributed by atoms with Crippen LogP contribution in [0.25, 0.3) is 11.1 Å². The Morgan fingerprint density at radius 1 is 0.846 bits per heavy atom. The van der Waals surface area contributed by atoms with Crippen molar-refractivity contribution in [3.63, 3.8) is 0 Å². The lowest BCUT2D eigenvalue weighted by molar-refractivity contribution is -0.126. The topological polar surface area (TPSA) is 52.6 Å². The summed E-state index contributed by atoms with van der Waals surface area (Å²) in [5, 5.41) is 1.93. The minimum absolute atomic E-state index is 0.00172. The monoisotopic (exact) mass is 351 g/mol. The SMILES string of the molecule is CN1CCN(NC(=O)CCC(=O)c2ccc(-c3ccccc3)cc2)CC1. The predicted molar refractivity (Wildman–Crippen MR) is 103 cm³/mol. The summed E-state index contributed by atoms with van der Waals surface area (Å²) in [5.74, 6) is -0.0954. The number of hydrazine groups is 1. The van der Waals surface area contributed by atoms with Crippen LogP contribution in [-0.4, -0.2) is 54.8 Å². The minimum Gasteiger partial charge on any atom is -0.304 e. The fraction of sp³-hybridized carbons (Fsp3) is 0.333. The first-order valence-corrected chi connectivity index (χ1v) is 9.03. The van der Waals surface area contributed by atoms with Crippen molar-refractivity contribution in [2.75, 3.05) is 33.2 Å². The molecule has 5 nitrogen and oxygen atoms in total. The number of ketones is 1. The second-order valence-corrected chi connectivity index (χ2v) is 6.69. The molecule has 0 spiro atoms. The summed E-state index contributed by atoms with van der Waals surface area (Å²) in [6.07, 6.45) is 0.440. The van der Waals surface area contributed by atoms with Gasteiger partial charge >= 0.3 is 0 Å². The van der Waals surface area contributed by atoms with E-state index in [-0.39, 0.29) is 24.5 Å². The van der Waals surface area contributed by atoms with Crippen LogP contribution in [0.1, 0.15) is 23.2 Å². The number of carbonyl (C=O) groups is 2. The Morgan fingerprint density at radius 2 is 1.46 bits per heavy atom. The van der Waals surface area contributed by atoms with Gasteiger partial charge in [-0.2, -0.15) is 0 Å². The number of nitrogens with one attached hydrogen (secondary N) is 1. The summed E-state index contributed by atoms with van der Waals surface area (Å²) in [5.41, 5.74) is 5.74. The number of piperazine rings is 1. The maximum atomic E-state index is 12.3. The minimum atomic E-state index is -0.0937. The third kappa shape index (κ3) is 5.00. The molecule has 26 heavy (non-hydrogen) atoms. The van der Waals surface area contributed by atoms with E-state index in [9.17, 15) is 9.59 Å². The molecule has 0 aliphatic carbocycles. The van der Waals surface area contributed by atoms with Crippen LogP contribution < -0.4 is 5.43 Å². The molecule has 2 aromatic rings. The van der Waals surface area contributed by atoms with Gasteiger partial charge in [-0.3, -0.25) is 15.0 Å². The molecule has 1 aliphatic rings. The molecule has 1 fully saturated rings. The van der Waals surface area contributed by atoms with Crippen molar-refractivity contribution in [3.8, 4) is 11.1 Å². The molecule has 0 saturated carbocycles. The zero-order chi connectivity index (χ0) is 18.4. The fourth-order valence-electron chi connectivity index (χ4n) is 3.00. The van der Waals surface area contributed by atoms with Gasteiger partial charge in [0.15, 0.2) is 5.78 Å². The third-order valence-electron chi connectivity index (χ3n) is 4.68. The van der Waals surface area contributed by atoms with Gasteiger partial charge in [0, 0.05) is 44.6 Å². The number of amides is 1. The summed E-state index contributed by atoms with van der Waals surface area (Å²) in [6, 6.07) is 17.6. The quantitative estimate of drug-likeness (QED) is 0.813. The van der Waals surface area contributed by atoms with Crippen LogP contribution in [0.5, 0.6) is 0 Å². The first kappa shape index (κ1) is 18.3. The highest BCUT2D eigenvalue weighted by Crippen LogP contribution is 2.19. The molecule has 3 rings (SSSR count). The Morgan fingerprint density at radius 3 is 2.12 bits per heavy atom. The molecular weight excluding hydrogens is 326 g/mol. The molecule has 0 atom stereocenters. The van der Waals surface area contributed by atoms with Crippen molar-refractivity contribution < 1.29 is 9.59 Å². The van der Waals surface area contributed by atoms with Gasteiger partial charge in [-0.15, -0.1) is 0 Å². The van der Waals surface area contributed by atoms with Crippen molar-refractivity contribution in [3.05, 3.63) is 60.2 Å². The van der Waals surface area contributed by atoms with Gasteiger partial charge in [-0.05, 0) is 18.2 Å². The lowest BCUT2D eigenvalue weighted by Crippen LogP contribution is -2.52. The summed E-state index contributed by atoms with van der Waals surface area (Å²) >= 11 is 0. The van der Waals surface area contributed by atoms with Gasteiger partial charge in [0.05, 0.1) is 0 Å². The van der Waals surface area contributed by atoms with Gasteiger partial charge in [0.2, 0.25) is 5.91 Å². The molecule has 0 unspecified atom stereocenters. The van der Waals surface area contributed by atoms with Crippen molar-refractivity contribution in [2.24, 2.45) is 0 Å².